The Morgan fingerprint density at radius 1 is 1.06 bits per heavy atom. The molecular weight excluding hydrogens is 414 g/mol. The van der Waals surface area contributed by atoms with E-state index >= 15 is 0 Å². The third-order valence-electron chi connectivity index (χ3n) is 4.85. The van der Waals surface area contributed by atoms with E-state index in [2.05, 4.69) is 16.0 Å². The van der Waals surface area contributed by atoms with E-state index in [-0.39, 0.29) is 12.5 Å². The summed E-state index contributed by atoms with van der Waals surface area (Å²) in [5.74, 6) is -0.170. The number of carbonyl (C=O) groups is 3. The summed E-state index contributed by atoms with van der Waals surface area (Å²) in [4.78, 5) is 36.7. The number of amides is 3. The minimum atomic E-state index is -0.726. The number of nitrogens with one attached hydrogen (secondary N) is 3. The molecule has 0 radical (unpaired) electrons. The highest BCUT2D eigenvalue weighted by molar-refractivity contribution is 5.95. The molecule has 0 bridgehead atoms. The third kappa shape index (κ3) is 5.18. The second-order valence-corrected chi connectivity index (χ2v) is 6.88. The maximum absolute atomic E-state index is 12.4. The fourth-order valence-electron chi connectivity index (χ4n) is 3.34. The van der Waals surface area contributed by atoms with Gasteiger partial charge in [0, 0.05) is 11.4 Å². The molecule has 1 unspecified atom stereocenters. The summed E-state index contributed by atoms with van der Waals surface area (Å²) in [5, 5.41) is 8.13. The first kappa shape index (κ1) is 22.7. The second-order valence-electron chi connectivity index (χ2n) is 6.88. The topological polar surface area (TPSA) is 115 Å². The van der Waals surface area contributed by atoms with Gasteiger partial charge in [0.2, 0.25) is 0 Å². The van der Waals surface area contributed by atoms with Crippen molar-refractivity contribution in [1.29, 1.82) is 0 Å². The molecule has 32 heavy (non-hydrogen) atoms. The van der Waals surface area contributed by atoms with E-state index in [1.165, 1.54) is 14.2 Å². The zero-order valence-electron chi connectivity index (χ0n) is 18.1. The number of rotatable bonds is 8. The van der Waals surface area contributed by atoms with Crippen LogP contribution < -0.4 is 25.4 Å². The van der Waals surface area contributed by atoms with Gasteiger partial charge in [-0.3, -0.25) is 4.79 Å². The molecule has 1 atom stereocenters. The van der Waals surface area contributed by atoms with Gasteiger partial charge in [-0.15, -0.1) is 0 Å². The van der Waals surface area contributed by atoms with Gasteiger partial charge in [-0.25, -0.2) is 9.59 Å². The number of benzene rings is 2. The molecule has 0 spiro atoms. The summed E-state index contributed by atoms with van der Waals surface area (Å²) in [6.45, 7) is 1.61. The number of hydrogen-bond acceptors (Lipinski definition) is 6. The summed E-state index contributed by atoms with van der Waals surface area (Å²) < 4.78 is 15.9. The first-order valence-electron chi connectivity index (χ1n) is 10.0. The van der Waals surface area contributed by atoms with Gasteiger partial charge in [0.15, 0.2) is 18.1 Å². The van der Waals surface area contributed by atoms with Crippen molar-refractivity contribution < 1.29 is 28.6 Å². The monoisotopic (exact) mass is 439 g/mol. The summed E-state index contributed by atoms with van der Waals surface area (Å²) in [7, 11) is 2.75. The number of carbonyl (C=O) groups excluding carboxylic acids is 3. The molecule has 1 aliphatic rings. The largest absolute Gasteiger partial charge is 0.493 e. The van der Waals surface area contributed by atoms with Crippen LogP contribution in [0.2, 0.25) is 0 Å². The van der Waals surface area contributed by atoms with Crippen molar-refractivity contribution in [3.05, 3.63) is 65.4 Å². The van der Waals surface area contributed by atoms with Crippen LogP contribution in [0.5, 0.6) is 11.5 Å². The number of para-hydroxylation sites is 1. The lowest BCUT2D eigenvalue weighted by molar-refractivity contribution is -0.136. The van der Waals surface area contributed by atoms with E-state index in [4.69, 9.17) is 14.2 Å². The normalized spacial score (nSPS) is 15.3. The molecule has 2 aromatic carbocycles. The Labute approximate surface area is 185 Å². The molecule has 0 saturated carbocycles. The zero-order chi connectivity index (χ0) is 23.1. The Morgan fingerprint density at radius 3 is 2.47 bits per heavy atom. The van der Waals surface area contributed by atoms with Gasteiger partial charge in [0.25, 0.3) is 5.91 Å². The number of esters is 1. The van der Waals surface area contributed by atoms with E-state index in [9.17, 15) is 14.4 Å². The summed E-state index contributed by atoms with van der Waals surface area (Å²) in [6.07, 6.45) is 0.448. The van der Waals surface area contributed by atoms with Crippen molar-refractivity contribution in [2.24, 2.45) is 0 Å². The van der Waals surface area contributed by atoms with Crippen LogP contribution in [0.15, 0.2) is 59.8 Å². The fraction of sp³-hybridized carbons (Fsp3) is 0.261. The highest BCUT2D eigenvalue weighted by atomic mass is 16.5. The molecule has 9 heteroatoms. The first-order valence-corrected chi connectivity index (χ1v) is 10.0. The molecule has 3 amide bonds. The predicted octanol–water partition coefficient (Wildman–Crippen LogP) is 2.90. The number of ether oxygens (including phenoxy) is 3. The number of methoxy groups -OCH3 is 2. The lowest BCUT2D eigenvalue weighted by Gasteiger charge is -2.29. The van der Waals surface area contributed by atoms with Crippen LogP contribution in [0.1, 0.15) is 24.9 Å². The Hall–Kier alpha value is -4.01. The number of anilines is 1. The van der Waals surface area contributed by atoms with E-state index < -0.39 is 18.0 Å². The molecule has 3 N–H and O–H groups in total. The van der Waals surface area contributed by atoms with Crippen LogP contribution in [-0.2, 0) is 14.3 Å². The van der Waals surface area contributed by atoms with Crippen LogP contribution in [-0.4, -0.2) is 38.7 Å². The smallest absolute Gasteiger partial charge is 0.337 e. The highest BCUT2D eigenvalue weighted by Crippen LogP contribution is 2.35. The lowest BCUT2D eigenvalue weighted by atomic mass is 9.94. The average molecular weight is 439 g/mol. The fourth-order valence-corrected chi connectivity index (χ4v) is 3.34. The maximum Gasteiger partial charge on any atom is 0.337 e. The van der Waals surface area contributed by atoms with Gasteiger partial charge >= 0.3 is 12.0 Å². The molecule has 2 aromatic rings. The van der Waals surface area contributed by atoms with Crippen LogP contribution >= 0.6 is 0 Å². The van der Waals surface area contributed by atoms with Gasteiger partial charge in [0.05, 0.1) is 25.8 Å². The Kier molecular flexibility index (Phi) is 7.33. The second kappa shape index (κ2) is 10.3. The predicted molar refractivity (Wildman–Crippen MR) is 117 cm³/mol. The quantitative estimate of drug-likeness (QED) is 0.545. The molecule has 3 rings (SSSR count). The van der Waals surface area contributed by atoms with Crippen LogP contribution in [0.3, 0.4) is 0 Å². The SMILES string of the molecule is CCC1=C(C(=O)OC)C(c2ccc(OCC(=O)Nc3ccccc3)c(OC)c2)NC(=O)N1. The Morgan fingerprint density at radius 2 is 1.81 bits per heavy atom. The lowest BCUT2D eigenvalue weighted by Crippen LogP contribution is -2.45. The van der Waals surface area contributed by atoms with Crippen LogP contribution in [0, 0.1) is 0 Å². The third-order valence-corrected chi connectivity index (χ3v) is 4.85. The van der Waals surface area contributed by atoms with Gasteiger partial charge in [-0.05, 0) is 36.2 Å². The van der Waals surface area contributed by atoms with Crippen molar-refractivity contribution in [2.45, 2.75) is 19.4 Å². The van der Waals surface area contributed by atoms with Gasteiger partial charge in [0.1, 0.15) is 0 Å². The molecule has 0 fully saturated rings. The van der Waals surface area contributed by atoms with Crippen molar-refractivity contribution in [3.8, 4) is 11.5 Å². The minimum Gasteiger partial charge on any atom is -0.493 e. The average Bonchev–Trinajstić information content (AvgIpc) is 2.82. The molecule has 1 heterocycles. The number of urea groups is 1. The molecule has 9 nitrogen and oxygen atoms in total. The van der Waals surface area contributed by atoms with Crippen molar-refractivity contribution in [3.63, 3.8) is 0 Å². The molecule has 0 saturated heterocycles. The van der Waals surface area contributed by atoms with Gasteiger partial charge < -0.3 is 30.2 Å². The number of hydrogen-bond donors (Lipinski definition) is 3. The van der Waals surface area contributed by atoms with Gasteiger partial charge in [-0.2, -0.15) is 0 Å². The minimum absolute atomic E-state index is 0.220. The Balaban J connectivity index is 1.80. The summed E-state index contributed by atoms with van der Waals surface area (Å²) >= 11 is 0. The molecule has 0 aromatic heterocycles. The van der Waals surface area contributed by atoms with Crippen LogP contribution in [0.25, 0.3) is 0 Å². The molecule has 168 valence electrons. The van der Waals surface area contributed by atoms with E-state index in [0.29, 0.717) is 40.4 Å². The van der Waals surface area contributed by atoms with E-state index in [1.807, 2.05) is 25.1 Å². The van der Waals surface area contributed by atoms with E-state index in [1.54, 1.807) is 30.3 Å². The van der Waals surface area contributed by atoms with Crippen LogP contribution in [0.4, 0.5) is 10.5 Å². The molecule has 1 aliphatic heterocycles. The number of allylic oxidation sites excluding steroid dienone is 1. The van der Waals surface area contributed by atoms with E-state index in [0.717, 1.165) is 0 Å². The van der Waals surface area contributed by atoms with Crippen molar-refractivity contribution in [1.82, 2.24) is 10.6 Å². The zero-order valence-corrected chi connectivity index (χ0v) is 18.1. The van der Waals surface area contributed by atoms with Crippen molar-refractivity contribution >= 4 is 23.6 Å². The Bertz CT molecular complexity index is 1040. The molecule has 0 aliphatic carbocycles. The highest BCUT2D eigenvalue weighted by Gasteiger charge is 2.33. The molecular formula is C23H25N3O6. The van der Waals surface area contributed by atoms with Crippen molar-refractivity contribution in [2.75, 3.05) is 26.1 Å². The first-order chi connectivity index (χ1) is 15.5. The summed E-state index contributed by atoms with van der Waals surface area (Å²) in [6, 6.07) is 12.9. The summed E-state index contributed by atoms with van der Waals surface area (Å²) in [5.41, 5.74) is 2.07. The standard InChI is InChI=1S/C23H25N3O6/c1-4-16-20(22(28)31-3)21(26-23(29)25-16)14-10-11-17(18(12-14)30-2)32-13-19(27)24-15-8-6-5-7-9-15/h5-12,21H,4,13H2,1-3H3,(H,24,27)(H2,25,26,29). The van der Waals surface area contributed by atoms with Gasteiger partial charge in [-0.1, -0.05) is 31.2 Å². The maximum atomic E-state index is 12.4.